The molecule has 2 N–H and O–H groups in total. The Bertz CT molecular complexity index is 654. The minimum Gasteiger partial charge on any atom is -0.475 e. The van der Waals surface area contributed by atoms with Crippen LogP contribution in [-0.2, 0) is 5.60 Å². The van der Waals surface area contributed by atoms with Crippen molar-refractivity contribution in [1.82, 2.24) is 9.88 Å². The van der Waals surface area contributed by atoms with Gasteiger partial charge >= 0.3 is 0 Å². The quantitative estimate of drug-likeness (QED) is 0.792. The molecule has 2 aromatic rings. The first-order chi connectivity index (χ1) is 11.1. The Morgan fingerprint density at radius 1 is 1.22 bits per heavy atom. The second kappa shape index (κ2) is 6.54. The number of ether oxygens (including phenoxy) is 1. The molecule has 1 saturated carbocycles. The van der Waals surface area contributed by atoms with Crippen molar-refractivity contribution in [2.75, 3.05) is 13.1 Å². The molecule has 1 atom stereocenters. The van der Waals surface area contributed by atoms with Crippen molar-refractivity contribution in [3.05, 3.63) is 30.0 Å². The number of hydrogen-bond donors (Lipinski definition) is 2. The molecule has 0 saturated heterocycles. The van der Waals surface area contributed by atoms with Gasteiger partial charge in [0.25, 0.3) is 0 Å². The lowest BCUT2D eigenvalue weighted by atomic mass is 9.98. The summed E-state index contributed by atoms with van der Waals surface area (Å²) in [7, 11) is 0. The molecule has 1 fully saturated rings. The second-order valence-electron chi connectivity index (χ2n) is 6.61. The minimum atomic E-state index is -0.672. The van der Waals surface area contributed by atoms with Crippen LogP contribution in [0.4, 0.5) is 0 Å². The van der Waals surface area contributed by atoms with Crippen molar-refractivity contribution in [3.63, 3.8) is 0 Å². The fourth-order valence-corrected chi connectivity index (χ4v) is 3.67. The molecule has 0 radical (unpaired) electrons. The first kappa shape index (κ1) is 16.3. The van der Waals surface area contributed by atoms with Crippen molar-refractivity contribution in [2.24, 2.45) is 0 Å². The number of aromatic nitrogens is 1. The van der Waals surface area contributed by atoms with E-state index < -0.39 is 5.60 Å². The van der Waals surface area contributed by atoms with E-state index in [1.54, 1.807) is 0 Å². The first-order valence-electron chi connectivity index (χ1n) is 8.82. The minimum absolute atomic E-state index is 0.0554. The van der Waals surface area contributed by atoms with Crippen molar-refractivity contribution in [1.29, 1.82) is 0 Å². The number of nitrogens with one attached hydrogen (secondary N) is 1. The fourth-order valence-electron chi connectivity index (χ4n) is 3.67. The summed E-state index contributed by atoms with van der Waals surface area (Å²) in [6, 6.07) is 8.19. The predicted octanol–water partition coefficient (Wildman–Crippen LogP) is 4.00. The lowest BCUT2D eigenvalue weighted by molar-refractivity contribution is 0.0407. The standard InChI is InChI=1S/C19H28N2O2/c1-4-21(5-2)14(3)23-16-8-9-17-15(12-16)13-18(20-17)19(22)10-6-7-11-19/h8-9,12-14,20,22H,4-7,10-11H2,1-3H3. The van der Waals surface area contributed by atoms with Crippen LogP contribution in [0.15, 0.2) is 24.3 Å². The van der Waals surface area contributed by atoms with Crippen LogP contribution in [0.25, 0.3) is 10.9 Å². The monoisotopic (exact) mass is 316 g/mol. The van der Waals surface area contributed by atoms with Crippen LogP contribution in [-0.4, -0.2) is 34.3 Å². The molecule has 1 aromatic carbocycles. The molecule has 1 aromatic heterocycles. The highest BCUT2D eigenvalue weighted by Crippen LogP contribution is 2.39. The summed E-state index contributed by atoms with van der Waals surface area (Å²) in [4.78, 5) is 5.66. The van der Waals surface area contributed by atoms with Crippen LogP contribution < -0.4 is 4.74 Å². The van der Waals surface area contributed by atoms with Crippen LogP contribution in [0.3, 0.4) is 0 Å². The average molecular weight is 316 g/mol. The van der Waals surface area contributed by atoms with E-state index in [0.717, 1.165) is 61.1 Å². The van der Waals surface area contributed by atoms with E-state index in [0.29, 0.717) is 0 Å². The lowest BCUT2D eigenvalue weighted by Crippen LogP contribution is -2.36. The molecule has 1 aliphatic rings. The summed E-state index contributed by atoms with van der Waals surface area (Å²) < 4.78 is 6.08. The largest absolute Gasteiger partial charge is 0.475 e. The zero-order valence-electron chi connectivity index (χ0n) is 14.4. The number of aromatic amines is 1. The maximum atomic E-state index is 10.7. The average Bonchev–Trinajstić information content (AvgIpc) is 3.15. The highest BCUT2D eigenvalue weighted by atomic mass is 16.5. The van der Waals surface area contributed by atoms with Crippen molar-refractivity contribution in [3.8, 4) is 5.75 Å². The Morgan fingerprint density at radius 2 is 1.91 bits per heavy atom. The van der Waals surface area contributed by atoms with Gasteiger partial charge in [-0.1, -0.05) is 26.7 Å². The van der Waals surface area contributed by atoms with E-state index in [9.17, 15) is 5.11 Å². The molecule has 126 valence electrons. The number of rotatable bonds is 6. The number of fused-ring (bicyclic) bond motifs is 1. The third-order valence-electron chi connectivity index (χ3n) is 5.16. The zero-order valence-corrected chi connectivity index (χ0v) is 14.4. The molecule has 1 unspecified atom stereocenters. The molecule has 3 rings (SSSR count). The Kier molecular flexibility index (Phi) is 4.64. The summed E-state index contributed by atoms with van der Waals surface area (Å²) in [5.41, 5.74) is 1.33. The van der Waals surface area contributed by atoms with Gasteiger partial charge in [-0.05, 0) is 57.1 Å². The number of hydrogen-bond acceptors (Lipinski definition) is 3. The van der Waals surface area contributed by atoms with E-state index in [4.69, 9.17) is 4.74 Å². The van der Waals surface area contributed by atoms with Gasteiger partial charge in [0.1, 0.15) is 17.6 Å². The van der Waals surface area contributed by atoms with Crippen molar-refractivity contribution < 1.29 is 9.84 Å². The summed E-state index contributed by atoms with van der Waals surface area (Å²) in [5.74, 6) is 0.876. The Balaban J connectivity index is 1.82. The van der Waals surface area contributed by atoms with Gasteiger partial charge in [-0.3, -0.25) is 4.90 Å². The third-order valence-corrected chi connectivity index (χ3v) is 5.16. The smallest absolute Gasteiger partial charge is 0.149 e. The van der Waals surface area contributed by atoms with Crippen LogP contribution >= 0.6 is 0 Å². The van der Waals surface area contributed by atoms with Gasteiger partial charge in [-0.15, -0.1) is 0 Å². The topological polar surface area (TPSA) is 48.5 Å². The number of aliphatic hydroxyl groups is 1. The zero-order chi connectivity index (χ0) is 16.4. The molecule has 0 aliphatic heterocycles. The third kappa shape index (κ3) is 3.24. The number of nitrogens with zero attached hydrogens (tertiary/aromatic N) is 1. The Morgan fingerprint density at radius 3 is 2.57 bits per heavy atom. The van der Waals surface area contributed by atoms with Gasteiger partial charge in [0.15, 0.2) is 0 Å². The Hall–Kier alpha value is -1.52. The molecule has 0 spiro atoms. The molecule has 0 bridgehead atoms. The van der Waals surface area contributed by atoms with Gasteiger partial charge in [0, 0.05) is 16.6 Å². The van der Waals surface area contributed by atoms with Gasteiger partial charge in [-0.25, -0.2) is 0 Å². The maximum Gasteiger partial charge on any atom is 0.149 e. The second-order valence-corrected chi connectivity index (χ2v) is 6.61. The number of H-pyrrole nitrogens is 1. The fraction of sp³-hybridized carbons (Fsp3) is 0.579. The summed E-state index contributed by atoms with van der Waals surface area (Å²) >= 11 is 0. The van der Waals surface area contributed by atoms with Gasteiger partial charge in [-0.2, -0.15) is 0 Å². The van der Waals surface area contributed by atoms with Gasteiger partial charge in [0.2, 0.25) is 0 Å². The van der Waals surface area contributed by atoms with Crippen LogP contribution in [0.2, 0.25) is 0 Å². The van der Waals surface area contributed by atoms with Gasteiger partial charge < -0.3 is 14.8 Å². The van der Waals surface area contributed by atoms with Crippen LogP contribution in [0.5, 0.6) is 5.75 Å². The van der Waals surface area contributed by atoms with E-state index >= 15 is 0 Å². The van der Waals surface area contributed by atoms with E-state index in [-0.39, 0.29) is 6.23 Å². The maximum absolute atomic E-state index is 10.7. The lowest BCUT2D eigenvalue weighted by Gasteiger charge is -2.26. The molecule has 1 aliphatic carbocycles. The normalized spacial score (nSPS) is 18.7. The SMILES string of the molecule is CCN(CC)C(C)Oc1ccc2[nH]c(C3(O)CCCC3)cc2c1. The van der Waals surface area contributed by atoms with Crippen molar-refractivity contribution >= 4 is 10.9 Å². The summed E-state index contributed by atoms with van der Waals surface area (Å²) in [5, 5.41) is 11.8. The van der Waals surface area contributed by atoms with Gasteiger partial charge in [0.05, 0.1) is 0 Å². The summed E-state index contributed by atoms with van der Waals surface area (Å²) in [6.45, 7) is 8.32. The molecular weight excluding hydrogens is 288 g/mol. The molecule has 4 nitrogen and oxygen atoms in total. The van der Waals surface area contributed by atoms with E-state index in [1.165, 1.54) is 0 Å². The highest BCUT2D eigenvalue weighted by Gasteiger charge is 2.34. The predicted molar refractivity (Wildman–Crippen MR) is 93.7 cm³/mol. The van der Waals surface area contributed by atoms with Crippen LogP contribution in [0.1, 0.15) is 52.1 Å². The van der Waals surface area contributed by atoms with Crippen LogP contribution in [0, 0.1) is 0 Å². The van der Waals surface area contributed by atoms with E-state index in [1.807, 2.05) is 12.1 Å². The number of benzene rings is 1. The molecular formula is C19H28N2O2. The highest BCUT2D eigenvalue weighted by molar-refractivity contribution is 5.82. The molecule has 0 amide bonds. The van der Waals surface area contributed by atoms with Crippen molar-refractivity contribution in [2.45, 2.75) is 58.3 Å². The Labute approximate surface area is 138 Å². The molecule has 1 heterocycles. The summed E-state index contributed by atoms with van der Waals surface area (Å²) in [6.07, 6.45) is 3.95. The molecule has 4 heteroatoms. The first-order valence-corrected chi connectivity index (χ1v) is 8.82. The van der Waals surface area contributed by atoms with E-state index in [2.05, 4.69) is 42.8 Å². The molecule has 23 heavy (non-hydrogen) atoms.